The first-order valence-corrected chi connectivity index (χ1v) is 17.4. The van der Waals surface area contributed by atoms with E-state index in [4.69, 9.17) is 0 Å². The molecule has 0 radical (unpaired) electrons. The molecule has 0 aromatic heterocycles. The summed E-state index contributed by atoms with van der Waals surface area (Å²) in [4.78, 5) is 2.61. The number of hydrogen-bond donors (Lipinski definition) is 0. The van der Waals surface area contributed by atoms with Crippen LogP contribution in [0.4, 0.5) is 11.4 Å². The van der Waals surface area contributed by atoms with Gasteiger partial charge in [0.25, 0.3) is 0 Å². The highest BCUT2D eigenvalue weighted by Gasteiger charge is 2.42. The maximum Gasteiger partial charge on any atom is 0.329 e. The summed E-state index contributed by atoms with van der Waals surface area (Å²) in [6.45, 7) is -0.00234. The van der Waals surface area contributed by atoms with E-state index in [0.717, 1.165) is 0 Å². The molecule has 2 aliphatic rings. The molecule has 0 bridgehead atoms. The second-order valence-electron chi connectivity index (χ2n) is 13.3. The zero-order valence-electron chi connectivity index (χ0n) is 27.5. The molecule has 0 aliphatic carbocycles. The van der Waals surface area contributed by atoms with E-state index in [9.17, 15) is 0 Å². The molecule has 0 saturated heterocycles. The average molecular weight is 634 g/mol. The summed E-state index contributed by atoms with van der Waals surface area (Å²) >= 11 is 0. The molecule has 1 nitrogen and oxygen atoms in total. The molecule has 232 valence electrons. The number of rotatable bonds is 4. The maximum absolute atomic E-state index is 2.61. The molecular formula is C48H32BN. The molecule has 2 aliphatic heterocycles. The SMILES string of the molecule is c1ccc(-c2ccc3c(c2)B2c4cc(-c5ccccc5)ccc4-c4cc(-c5ccccc5)ccc4N2c2ccc(-c4ccccc4)cc2-3)cc1. The number of nitrogens with zero attached hydrogens (tertiary/aromatic N) is 1. The molecule has 8 aromatic rings. The zero-order valence-corrected chi connectivity index (χ0v) is 27.5. The van der Waals surface area contributed by atoms with Crippen LogP contribution in [0.25, 0.3) is 66.8 Å². The number of anilines is 2. The van der Waals surface area contributed by atoms with Crippen molar-refractivity contribution in [2.24, 2.45) is 0 Å². The average Bonchev–Trinajstić information content (AvgIpc) is 3.21. The van der Waals surface area contributed by atoms with Crippen molar-refractivity contribution < 1.29 is 0 Å². The Hall–Kier alpha value is -6.38. The second-order valence-corrected chi connectivity index (χ2v) is 13.3. The molecular weight excluding hydrogens is 601 g/mol. The van der Waals surface area contributed by atoms with Crippen LogP contribution in [0, 0.1) is 0 Å². The summed E-state index contributed by atoms with van der Waals surface area (Å²) in [5.74, 6) is 0. The number of hydrogen-bond acceptors (Lipinski definition) is 1. The predicted octanol–water partition coefficient (Wildman–Crippen LogP) is 11.3. The van der Waals surface area contributed by atoms with E-state index < -0.39 is 0 Å². The zero-order chi connectivity index (χ0) is 33.0. The third-order valence-corrected chi connectivity index (χ3v) is 10.5. The lowest BCUT2D eigenvalue weighted by Gasteiger charge is -2.44. The largest absolute Gasteiger partial charge is 0.376 e. The van der Waals surface area contributed by atoms with E-state index in [0.29, 0.717) is 0 Å². The molecule has 0 fully saturated rings. The monoisotopic (exact) mass is 633 g/mol. The van der Waals surface area contributed by atoms with Crippen LogP contribution >= 0.6 is 0 Å². The molecule has 50 heavy (non-hydrogen) atoms. The molecule has 2 heterocycles. The van der Waals surface area contributed by atoms with Gasteiger partial charge in [0, 0.05) is 22.5 Å². The molecule has 0 spiro atoms. The van der Waals surface area contributed by atoms with Crippen LogP contribution in [0.15, 0.2) is 194 Å². The number of benzene rings is 8. The molecule has 0 amide bonds. The number of fused-ring (bicyclic) bond motifs is 11. The second kappa shape index (κ2) is 11.6. The molecule has 8 aromatic carbocycles. The van der Waals surface area contributed by atoms with Crippen molar-refractivity contribution >= 4 is 29.1 Å². The normalized spacial score (nSPS) is 12.3. The van der Waals surface area contributed by atoms with Gasteiger partial charge < -0.3 is 4.81 Å². The first kappa shape index (κ1) is 28.6. The summed E-state index contributed by atoms with van der Waals surface area (Å²) in [5, 5.41) is 0. The van der Waals surface area contributed by atoms with Crippen molar-refractivity contribution in [3.63, 3.8) is 0 Å². The lowest BCUT2D eigenvalue weighted by molar-refractivity contribution is 1.35. The van der Waals surface area contributed by atoms with Gasteiger partial charge in [0.05, 0.1) is 0 Å². The minimum atomic E-state index is -0.00234. The summed E-state index contributed by atoms with van der Waals surface area (Å²) in [6.07, 6.45) is 0. The van der Waals surface area contributed by atoms with Crippen LogP contribution in [0.2, 0.25) is 0 Å². The molecule has 10 rings (SSSR count). The van der Waals surface area contributed by atoms with E-state index in [-0.39, 0.29) is 6.85 Å². The Morgan fingerprint density at radius 1 is 0.260 bits per heavy atom. The van der Waals surface area contributed by atoms with Crippen LogP contribution in [-0.2, 0) is 0 Å². The van der Waals surface area contributed by atoms with Gasteiger partial charge in [0.2, 0.25) is 0 Å². The Balaban J connectivity index is 1.27. The van der Waals surface area contributed by atoms with Gasteiger partial charge in [0.1, 0.15) is 0 Å². The Morgan fingerprint density at radius 3 is 0.940 bits per heavy atom. The lowest BCUT2D eigenvalue weighted by Crippen LogP contribution is -2.59. The summed E-state index contributed by atoms with van der Waals surface area (Å²) < 4.78 is 0. The van der Waals surface area contributed by atoms with E-state index >= 15 is 0 Å². The van der Waals surface area contributed by atoms with Gasteiger partial charge in [-0.1, -0.05) is 170 Å². The van der Waals surface area contributed by atoms with Crippen LogP contribution in [0.5, 0.6) is 0 Å². The van der Waals surface area contributed by atoms with Crippen LogP contribution < -0.4 is 15.7 Å². The molecule has 0 unspecified atom stereocenters. The third-order valence-electron chi connectivity index (χ3n) is 10.5. The van der Waals surface area contributed by atoms with E-state index in [1.165, 1.54) is 89.1 Å². The van der Waals surface area contributed by atoms with Crippen LogP contribution in [-0.4, -0.2) is 6.85 Å². The minimum Gasteiger partial charge on any atom is -0.376 e. The third kappa shape index (κ3) is 4.64. The highest BCUT2D eigenvalue weighted by atomic mass is 15.1. The first-order valence-electron chi connectivity index (χ1n) is 17.4. The highest BCUT2D eigenvalue weighted by molar-refractivity contribution is 6.92. The van der Waals surface area contributed by atoms with Gasteiger partial charge in [-0.05, 0) is 90.8 Å². The Kier molecular flexibility index (Phi) is 6.67. The van der Waals surface area contributed by atoms with Crippen LogP contribution in [0.1, 0.15) is 0 Å². The standard InChI is InChI=1S/C48H32BN/c1-5-13-33(14-6-1)37-23-27-47-43(29-37)41-25-21-39(35-17-9-3-10-18-35)31-45(41)49-46-32-40(36-19-11-4-12-20-36)22-26-42(46)44-30-38(24-28-48(44)50(47)49)34-15-7-2-8-16-34/h1-32H. The van der Waals surface area contributed by atoms with Crippen molar-refractivity contribution in [2.45, 2.75) is 0 Å². The summed E-state index contributed by atoms with van der Waals surface area (Å²) in [6, 6.07) is 71.3. The highest BCUT2D eigenvalue weighted by Crippen LogP contribution is 2.48. The quantitative estimate of drug-likeness (QED) is 0.174. The fourth-order valence-electron chi connectivity index (χ4n) is 8.09. The smallest absolute Gasteiger partial charge is 0.329 e. The topological polar surface area (TPSA) is 3.24 Å². The van der Waals surface area contributed by atoms with Crippen molar-refractivity contribution in [2.75, 3.05) is 4.81 Å². The Labute approximate surface area is 293 Å². The van der Waals surface area contributed by atoms with Gasteiger partial charge in [-0.15, -0.1) is 0 Å². The van der Waals surface area contributed by atoms with Crippen molar-refractivity contribution in [1.29, 1.82) is 0 Å². The predicted molar refractivity (Wildman–Crippen MR) is 213 cm³/mol. The van der Waals surface area contributed by atoms with Crippen molar-refractivity contribution in [3.05, 3.63) is 194 Å². The van der Waals surface area contributed by atoms with Crippen LogP contribution in [0.3, 0.4) is 0 Å². The van der Waals surface area contributed by atoms with Crippen molar-refractivity contribution in [1.82, 2.24) is 0 Å². The maximum atomic E-state index is 2.61. The lowest BCUT2D eigenvalue weighted by atomic mass is 9.43. The van der Waals surface area contributed by atoms with E-state index in [1.807, 2.05) is 0 Å². The summed E-state index contributed by atoms with van der Waals surface area (Å²) in [5.41, 5.74) is 20.1. The van der Waals surface area contributed by atoms with Gasteiger partial charge >= 0.3 is 6.85 Å². The molecule has 0 N–H and O–H groups in total. The molecule has 0 atom stereocenters. The fraction of sp³-hybridized carbons (Fsp3) is 0. The Morgan fingerprint density at radius 2 is 0.580 bits per heavy atom. The Bertz CT molecular complexity index is 2350. The van der Waals surface area contributed by atoms with Gasteiger partial charge in [-0.2, -0.15) is 0 Å². The van der Waals surface area contributed by atoms with E-state index in [2.05, 4.69) is 199 Å². The fourth-order valence-corrected chi connectivity index (χ4v) is 8.09. The molecule has 0 saturated carbocycles. The van der Waals surface area contributed by atoms with Gasteiger partial charge in [-0.3, -0.25) is 0 Å². The van der Waals surface area contributed by atoms with Gasteiger partial charge in [0.15, 0.2) is 0 Å². The van der Waals surface area contributed by atoms with E-state index in [1.54, 1.807) is 0 Å². The molecule has 2 heteroatoms. The van der Waals surface area contributed by atoms with Gasteiger partial charge in [-0.25, -0.2) is 0 Å². The first-order chi connectivity index (χ1) is 24.8. The van der Waals surface area contributed by atoms with Crippen molar-refractivity contribution in [3.8, 4) is 66.8 Å². The minimum absolute atomic E-state index is 0.00234. The summed E-state index contributed by atoms with van der Waals surface area (Å²) in [7, 11) is 0.